The number of halogens is 3. The van der Waals surface area contributed by atoms with E-state index in [1.54, 1.807) is 0 Å². The van der Waals surface area contributed by atoms with Crippen molar-refractivity contribution in [1.29, 1.82) is 0 Å². The molecule has 0 saturated heterocycles. The van der Waals surface area contributed by atoms with Crippen molar-refractivity contribution in [1.82, 2.24) is 0 Å². The van der Waals surface area contributed by atoms with Gasteiger partial charge in [-0.05, 0) is 19.1 Å². The molecular formula is C8H5ClF2O3S. The maximum atomic E-state index is 13.3. The van der Waals surface area contributed by atoms with Crippen molar-refractivity contribution in [2.45, 2.75) is 11.8 Å². The van der Waals surface area contributed by atoms with E-state index in [9.17, 15) is 22.0 Å². The summed E-state index contributed by atoms with van der Waals surface area (Å²) < 4.78 is 47.9. The molecule has 1 aromatic rings. The number of ketones is 1. The molecule has 0 spiro atoms. The Labute approximate surface area is 89.1 Å². The van der Waals surface area contributed by atoms with Gasteiger partial charge in [0.05, 0.1) is 5.56 Å². The van der Waals surface area contributed by atoms with Gasteiger partial charge in [-0.2, -0.15) is 0 Å². The minimum absolute atomic E-state index is 0.421. The lowest BCUT2D eigenvalue weighted by Crippen LogP contribution is -2.05. The Morgan fingerprint density at radius 2 is 1.87 bits per heavy atom. The lowest BCUT2D eigenvalue weighted by molar-refractivity contribution is 0.101. The van der Waals surface area contributed by atoms with Gasteiger partial charge in [-0.15, -0.1) is 0 Å². The smallest absolute Gasteiger partial charge is 0.264 e. The molecule has 0 N–H and O–H groups in total. The van der Waals surface area contributed by atoms with Gasteiger partial charge in [0.15, 0.2) is 11.6 Å². The average Bonchev–Trinajstić information content (AvgIpc) is 2.06. The fourth-order valence-electron chi connectivity index (χ4n) is 0.998. The number of hydrogen-bond acceptors (Lipinski definition) is 3. The van der Waals surface area contributed by atoms with Crippen molar-refractivity contribution in [2.24, 2.45) is 0 Å². The Morgan fingerprint density at radius 1 is 1.33 bits per heavy atom. The minimum atomic E-state index is -4.41. The van der Waals surface area contributed by atoms with E-state index in [0.29, 0.717) is 12.1 Å². The van der Waals surface area contributed by atoms with Crippen molar-refractivity contribution in [3.8, 4) is 0 Å². The highest BCUT2D eigenvalue weighted by molar-refractivity contribution is 8.13. The van der Waals surface area contributed by atoms with E-state index in [1.807, 2.05) is 0 Å². The molecule has 0 saturated carbocycles. The highest BCUT2D eigenvalue weighted by atomic mass is 35.7. The van der Waals surface area contributed by atoms with Crippen LogP contribution in [0, 0.1) is 11.6 Å². The highest BCUT2D eigenvalue weighted by Gasteiger charge is 2.22. The topological polar surface area (TPSA) is 51.2 Å². The lowest BCUT2D eigenvalue weighted by atomic mass is 10.1. The molecule has 0 radical (unpaired) electrons. The van der Waals surface area contributed by atoms with Crippen molar-refractivity contribution < 1.29 is 22.0 Å². The fraction of sp³-hybridized carbons (Fsp3) is 0.125. The lowest BCUT2D eigenvalue weighted by Gasteiger charge is -2.03. The first-order valence-electron chi connectivity index (χ1n) is 3.68. The van der Waals surface area contributed by atoms with Gasteiger partial charge in [-0.25, -0.2) is 17.2 Å². The molecule has 7 heteroatoms. The Bertz CT molecular complexity index is 525. The van der Waals surface area contributed by atoms with Gasteiger partial charge in [0, 0.05) is 10.7 Å². The maximum absolute atomic E-state index is 13.3. The summed E-state index contributed by atoms with van der Waals surface area (Å²) in [5.74, 6) is -3.16. The predicted octanol–water partition coefficient (Wildman–Crippen LogP) is 2.09. The molecule has 15 heavy (non-hydrogen) atoms. The minimum Gasteiger partial charge on any atom is -0.294 e. The third kappa shape index (κ3) is 2.51. The van der Waals surface area contributed by atoms with Crippen molar-refractivity contribution in [3.05, 3.63) is 29.3 Å². The van der Waals surface area contributed by atoms with Crippen LogP contribution in [0.1, 0.15) is 17.3 Å². The predicted molar refractivity (Wildman–Crippen MR) is 49.4 cm³/mol. The first-order valence-corrected chi connectivity index (χ1v) is 5.99. The van der Waals surface area contributed by atoms with Gasteiger partial charge < -0.3 is 0 Å². The number of rotatable bonds is 2. The normalized spacial score (nSPS) is 11.5. The number of carbonyl (C=O) groups excluding carboxylic acids is 1. The van der Waals surface area contributed by atoms with Crippen LogP contribution in [-0.4, -0.2) is 14.2 Å². The van der Waals surface area contributed by atoms with Gasteiger partial charge in [0.1, 0.15) is 10.7 Å². The van der Waals surface area contributed by atoms with Crippen LogP contribution in [0.5, 0.6) is 0 Å². The zero-order valence-electron chi connectivity index (χ0n) is 7.42. The Balaban J connectivity index is 3.63. The molecule has 0 unspecified atom stereocenters. The van der Waals surface area contributed by atoms with Gasteiger partial charge in [-0.3, -0.25) is 4.79 Å². The second kappa shape index (κ2) is 3.86. The van der Waals surface area contributed by atoms with Crippen LogP contribution in [0.25, 0.3) is 0 Å². The Kier molecular flexibility index (Phi) is 3.11. The fourth-order valence-corrected chi connectivity index (χ4v) is 1.91. The van der Waals surface area contributed by atoms with Gasteiger partial charge in [-0.1, -0.05) is 0 Å². The van der Waals surface area contributed by atoms with E-state index in [0.717, 1.165) is 6.92 Å². The molecule has 0 aromatic heterocycles. The first-order chi connectivity index (χ1) is 6.73. The number of hydrogen-bond donors (Lipinski definition) is 0. The van der Waals surface area contributed by atoms with E-state index < -0.39 is 36.9 Å². The summed E-state index contributed by atoms with van der Waals surface area (Å²) in [6.07, 6.45) is 0. The summed E-state index contributed by atoms with van der Waals surface area (Å²) in [7, 11) is 0.460. The Morgan fingerprint density at radius 3 is 2.27 bits per heavy atom. The Hall–Kier alpha value is -1.01. The van der Waals surface area contributed by atoms with E-state index in [1.165, 1.54) is 0 Å². The van der Waals surface area contributed by atoms with Crippen LogP contribution in [0.2, 0.25) is 0 Å². The monoisotopic (exact) mass is 254 g/mol. The number of benzene rings is 1. The largest absolute Gasteiger partial charge is 0.294 e. The summed E-state index contributed by atoms with van der Waals surface area (Å²) in [5, 5.41) is 0. The second-order valence-corrected chi connectivity index (χ2v) is 5.29. The SMILES string of the molecule is CC(=O)c1cc(F)cc(S(=O)(=O)Cl)c1F. The summed E-state index contributed by atoms with van der Waals surface area (Å²) in [6.45, 7) is 0.989. The molecule has 0 bridgehead atoms. The highest BCUT2D eigenvalue weighted by Crippen LogP contribution is 2.23. The standard InChI is InChI=1S/C8H5ClF2O3S/c1-4(12)6-2-5(10)3-7(8(6)11)15(9,13)14/h2-3H,1H3. The van der Waals surface area contributed by atoms with E-state index >= 15 is 0 Å². The molecule has 1 aromatic carbocycles. The van der Waals surface area contributed by atoms with E-state index in [2.05, 4.69) is 0 Å². The molecule has 0 aliphatic heterocycles. The molecule has 0 atom stereocenters. The third-order valence-corrected chi connectivity index (χ3v) is 2.97. The third-order valence-electron chi connectivity index (χ3n) is 1.65. The van der Waals surface area contributed by atoms with Gasteiger partial charge in [0.25, 0.3) is 9.05 Å². The van der Waals surface area contributed by atoms with Crippen LogP contribution >= 0.6 is 10.7 Å². The molecule has 82 valence electrons. The summed E-state index contributed by atoms with van der Waals surface area (Å²) in [5.41, 5.74) is -0.644. The maximum Gasteiger partial charge on any atom is 0.264 e. The molecule has 3 nitrogen and oxygen atoms in total. The summed E-state index contributed by atoms with van der Waals surface area (Å²) in [4.78, 5) is 9.82. The molecule has 0 aliphatic rings. The molecule has 0 heterocycles. The quantitative estimate of drug-likeness (QED) is 0.600. The summed E-state index contributed by atoms with van der Waals surface area (Å²) in [6, 6.07) is 1.04. The number of carbonyl (C=O) groups is 1. The molecule has 0 aliphatic carbocycles. The van der Waals surface area contributed by atoms with Crippen molar-refractivity contribution >= 4 is 25.5 Å². The van der Waals surface area contributed by atoms with E-state index in [-0.39, 0.29) is 0 Å². The molecule has 0 fully saturated rings. The van der Waals surface area contributed by atoms with Crippen molar-refractivity contribution in [2.75, 3.05) is 0 Å². The molecular weight excluding hydrogens is 250 g/mol. The van der Waals surface area contributed by atoms with Crippen molar-refractivity contribution in [3.63, 3.8) is 0 Å². The average molecular weight is 255 g/mol. The summed E-state index contributed by atoms with van der Waals surface area (Å²) >= 11 is 0. The van der Waals surface area contributed by atoms with Crippen LogP contribution in [0.3, 0.4) is 0 Å². The van der Waals surface area contributed by atoms with Crippen LogP contribution in [0.4, 0.5) is 8.78 Å². The van der Waals surface area contributed by atoms with Crippen LogP contribution in [-0.2, 0) is 9.05 Å². The van der Waals surface area contributed by atoms with Crippen LogP contribution in [0.15, 0.2) is 17.0 Å². The van der Waals surface area contributed by atoms with Gasteiger partial charge in [0.2, 0.25) is 0 Å². The molecule has 0 amide bonds. The van der Waals surface area contributed by atoms with Crippen LogP contribution < -0.4 is 0 Å². The first kappa shape index (κ1) is 12.1. The van der Waals surface area contributed by atoms with Gasteiger partial charge >= 0.3 is 0 Å². The zero-order chi connectivity index (χ0) is 11.8. The van der Waals surface area contributed by atoms with E-state index in [4.69, 9.17) is 10.7 Å². The second-order valence-electron chi connectivity index (χ2n) is 2.76. The molecule has 1 rings (SSSR count). The zero-order valence-corrected chi connectivity index (χ0v) is 8.99. The number of Topliss-reactive ketones (excluding diaryl/α,β-unsaturated/α-hetero) is 1.